The van der Waals surface area contributed by atoms with Crippen LogP contribution in [0.2, 0.25) is 0 Å². The quantitative estimate of drug-likeness (QED) is 0.598. The van der Waals surface area contributed by atoms with E-state index >= 15 is 0 Å². The lowest BCUT2D eigenvalue weighted by molar-refractivity contribution is 0.308. The zero-order valence-corrected chi connectivity index (χ0v) is 5.96. The Labute approximate surface area is 61.8 Å². The molecule has 1 aromatic heterocycles. The zero-order chi connectivity index (χ0) is 7.56. The molecule has 0 fully saturated rings. The second-order valence-corrected chi connectivity index (χ2v) is 1.87. The van der Waals surface area contributed by atoms with Crippen LogP contribution in [0.15, 0.2) is 9.62 Å². The van der Waals surface area contributed by atoms with Crippen LogP contribution in [0.1, 0.15) is 5.69 Å². The highest BCUT2D eigenvalue weighted by Crippen LogP contribution is 2.07. The third-order valence-electron chi connectivity index (χ3n) is 0.906. The molecule has 0 aliphatic heterocycles. The SMILES string of the molecule is C/N=C(\Cl)c1nonc1N. The monoisotopic (exact) mass is 160 g/mol. The second-order valence-electron chi connectivity index (χ2n) is 1.51. The van der Waals surface area contributed by atoms with Crippen molar-refractivity contribution >= 4 is 22.6 Å². The maximum Gasteiger partial charge on any atom is 0.198 e. The average molecular weight is 161 g/mol. The number of hydrogen-bond acceptors (Lipinski definition) is 5. The van der Waals surface area contributed by atoms with Crippen LogP contribution in [0.4, 0.5) is 5.82 Å². The Morgan fingerprint density at radius 3 is 2.80 bits per heavy atom. The van der Waals surface area contributed by atoms with E-state index < -0.39 is 0 Å². The molecule has 0 atom stereocenters. The van der Waals surface area contributed by atoms with Gasteiger partial charge in [0, 0.05) is 7.05 Å². The summed E-state index contributed by atoms with van der Waals surface area (Å²) in [4.78, 5) is 3.63. The molecule has 5 nitrogen and oxygen atoms in total. The molecule has 1 heterocycles. The van der Waals surface area contributed by atoms with Crippen LogP contribution in [0.5, 0.6) is 0 Å². The minimum absolute atomic E-state index is 0.149. The van der Waals surface area contributed by atoms with Crippen LogP contribution in [0.25, 0.3) is 0 Å². The van der Waals surface area contributed by atoms with Gasteiger partial charge < -0.3 is 5.73 Å². The topological polar surface area (TPSA) is 77.3 Å². The summed E-state index contributed by atoms with van der Waals surface area (Å²) in [7, 11) is 1.52. The summed E-state index contributed by atoms with van der Waals surface area (Å²) in [6.07, 6.45) is 0. The summed E-state index contributed by atoms with van der Waals surface area (Å²) in [5, 5.41) is 6.92. The fourth-order valence-corrected chi connectivity index (χ4v) is 0.576. The van der Waals surface area contributed by atoms with E-state index in [1.165, 1.54) is 7.05 Å². The van der Waals surface area contributed by atoms with Crippen LogP contribution in [0.3, 0.4) is 0 Å². The highest BCUT2D eigenvalue weighted by molar-refractivity contribution is 6.69. The lowest BCUT2D eigenvalue weighted by Crippen LogP contribution is -1.97. The Kier molecular flexibility index (Phi) is 1.86. The normalized spacial score (nSPS) is 12.0. The molecule has 0 saturated heterocycles. The van der Waals surface area contributed by atoms with Crippen molar-refractivity contribution in [3.8, 4) is 0 Å². The highest BCUT2D eigenvalue weighted by atomic mass is 35.5. The largest absolute Gasteiger partial charge is 0.379 e. The molecule has 0 aromatic carbocycles. The molecule has 6 heteroatoms. The maximum absolute atomic E-state index is 5.54. The molecule has 0 aliphatic rings. The third kappa shape index (κ3) is 1.08. The molecule has 54 valence electrons. The average Bonchev–Trinajstić information content (AvgIpc) is 2.34. The molecule has 0 amide bonds. The number of anilines is 1. The summed E-state index contributed by atoms with van der Waals surface area (Å²) >= 11 is 5.54. The summed E-state index contributed by atoms with van der Waals surface area (Å²) < 4.78 is 4.28. The minimum Gasteiger partial charge on any atom is -0.379 e. The number of aliphatic imine (C=N–C) groups is 1. The fraction of sp³-hybridized carbons (Fsp3) is 0.250. The van der Waals surface area contributed by atoms with Gasteiger partial charge in [0.1, 0.15) is 0 Å². The van der Waals surface area contributed by atoms with Crippen LogP contribution < -0.4 is 5.73 Å². The third-order valence-corrected chi connectivity index (χ3v) is 1.25. The molecule has 0 unspecified atom stereocenters. The van der Waals surface area contributed by atoms with E-state index in [2.05, 4.69) is 19.9 Å². The first kappa shape index (κ1) is 7.01. The van der Waals surface area contributed by atoms with Gasteiger partial charge in [-0.25, -0.2) is 4.63 Å². The van der Waals surface area contributed by atoms with Crippen molar-refractivity contribution in [2.24, 2.45) is 4.99 Å². The van der Waals surface area contributed by atoms with E-state index in [-0.39, 0.29) is 16.7 Å². The number of rotatable bonds is 1. The first-order valence-electron chi connectivity index (χ1n) is 2.46. The summed E-state index contributed by atoms with van der Waals surface area (Å²) in [6.45, 7) is 0. The van der Waals surface area contributed by atoms with Gasteiger partial charge in [-0.3, -0.25) is 4.99 Å². The van der Waals surface area contributed by atoms with E-state index in [1.54, 1.807) is 0 Å². The summed E-state index contributed by atoms with van der Waals surface area (Å²) in [5.41, 5.74) is 5.57. The second kappa shape index (κ2) is 2.66. The van der Waals surface area contributed by atoms with Crippen molar-refractivity contribution in [1.82, 2.24) is 10.3 Å². The molecule has 1 aromatic rings. The molecule has 0 aliphatic carbocycles. The number of halogens is 1. The van der Waals surface area contributed by atoms with Crippen molar-refractivity contribution in [2.45, 2.75) is 0 Å². The van der Waals surface area contributed by atoms with Gasteiger partial charge >= 0.3 is 0 Å². The van der Waals surface area contributed by atoms with Crippen molar-refractivity contribution in [3.05, 3.63) is 5.69 Å². The first-order chi connectivity index (χ1) is 4.75. The Balaban J connectivity index is 3.05. The molecule has 0 saturated carbocycles. The smallest absolute Gasteiger partial charge is 0.198 e. The Bertz CT molecular complexity index is 256. The highest BCUT2D eigenvalue weighted by Gasteiger charge is 2.09. The lowest BCUT2D eigenvalue weighted by atomic mass is 10.5. The van der Waals surface area contributed by atoms with Crippen molar-refractivity contribution in [3.63, 3.8) is 0 Å². The van der Waals surface area contributed by atoms with Crippen LogP contribution >= 0.6 is 11.6 Å². The molecule has 0 bridgehead atoms. The van der Waals surface area contributed by atoms with Crippen LogP contribution in [-0.2, 0) is 0 Å². The first-order valence-corrected chi connectivity index (χ1v) is 2.84. The molecule has 0 radical (unpaired) electrons. The Morgan fingerprint density at radius 1 is 1.70 bits per heavy atom. The van der Waals surface area contributed by atoms with E-state index in [1.807, 2.05) is 0 Å². The Morgan fingerprint density at radius 2 is 2.40 bits per heavy atom. The molecule has 1 rings (SSSR count). The van der Waals surface area contributed by atoms with Crippen molar-refractivity contribution < 1.29 is 4.63 Å². The molecule has 2 N–H and O–H groups in total. The number of hydrogen-bond donors (Lipinski definition) is 1. The van der Waals surface area contributed by atoms with Crippen LogP contribution in [-0.4, -0.2) is 22.5 Å². The van der Waals surface area contributed by atoms with E-state index in [9.17, 15) is 0 Å². The molecular weight excluding hydrogens is 156 g/mol. The number of nitrogens with zero attached hydrogens (tertiary/aromatic N) is 3. The van der Waals surface area contributed by atoms with Gasteiger partial charge in [0.2, 0.25) is 0 Å². The van der Waals surface area contributed by atoms with E-state index in [0.29, 0.717) is 0 Å². The number of nitrogen functional groups attached to an aromatic ring is 1. The van der Waals surface area contributed by atoms with Gasteiger partial charge in [0.15, 0.2) is 16.7 Å². The van der Waals surface area contributed by atoms with Gasteiger partial charge in [0.25, 0.3) is 0 Å². The van der Waals surface area contributed by atoms with Crippen LogP contribution in [0, 0.1) is 0 Å². The number of nitrogens with two attached hydrogens (primary N) is 1. The Hall–Kier alpha value is -1.10. The van der Waals surface area contributed by atoms with Gasteiger partial charge in [-0.2, -0.15) is 0 Å². The minimum atomic E-state index is 0.149. The zero-order valence-electron chi connectivity index (χ0n) is 5.21. The van der Waals surface area contributed by atoms with Gasteiger partial charge in [0.05, 0.1) is 0 Å². The van der Waals surface area contributed by atoms with Gasteiger partial charge in [-0.15, -0.1) is 0 Å². The summed E-state index contributed by atoms with van der Waals surface area (Å²) in [5.74, 6) is 0.149. The standard InChI is InChI=1S/C4H5ClN4O/c1-7-3(5)2-4(6)9-10-8-2/h1H3,(H2,6,9)/b7-3-. The van der Waals surface area contributed by atoms with E-state index in [4.69, 9.17) is 17.3 Å². The predicted molar refractivity (Wildman–Crippen MR) is 37.0 cm³/mol. The summed E-state index contributed by atoms with van der Waals surface area (Å²) in [6, 6.07) is 0. The lowest BCUT2D eigenvalue weighted by Gasteiger charge is -1.86. The maximum atomic E-state index is 5.54. The number of aromatic nitrogens is 2. The molecule has 10 heavy (non-hydrogen) atoms. The van der Waals surface area contributed by atoms with Crippen molar-refractivity contribution in [2.75, 3.05) is 12.8 Å². The molecule has 0 spiro atoms. The fourth-order valence-electron chi connectivity index (χ4n) is 0.444. The van der Waals surface area contributed by atoms with Gasteiger partial charge in [-0.1, -0.05) is 11.6 Å². The van der Waals surface area contributed by atoms with E-state index in [0.717, 1.165) is 0 Å². The molecular formula is C4H5ClN4O. The predicted octanol–water partition coefficient (Wildman–Crippen LogP) is 0.267. The van der Waals surface area contributed by atoms with Gasteiger partial charge in [-0.05, 0) is 10.3 Å². The van der Waals surface area contributed by atoms with Crippen molar-refractivity contribution in [1.29, 1.82) is 0 Å².